The molecule has 0 unspecified atom stereocenters. The number of fused-ring (bicyclic) bond motifs is 1. The van der Waals surface area contributed by atoms with Crippen molar-refractivity contribution in [2.75, 3.05) is 31.1 Å². The van der Waals surface area contributed by atoms with Crippen LogP contribution in [0.4, 0.5) is 5.69 Å². The van der Waals surface area contributed by atoms with Gasteiger partial charge in [-0.15, -0.1) is 0 Å². The molecule has 0 spiro atoms. The number of hydrogen-bond acceptors (Lipinski definition) is 5. The lowest BCUT2D eigenvalue weighted by molar-refractivity contribution is 0.331. The van der Waals surface area contributed by atoms with Gasteiger partial charge in [-0.3, -0.25) is 15.0 Å². The van der Waals surface area contributed by atoms with Crippen molar-refractivity contribution in [1.29, 1.82) is 0 Å². The van der Waals surface area contributed by atoms with Crippen LogP contribution in [0.3, 0.4) is 0 Å². The van der Waals surface area contributed by atoms with Crippen LogP contribution in [0.2, 0.25) is 0 Å². The van der Waals surface area contributed by atoms with E-state index in [1.807, 2.05) is 18.6 Å². The van der Waals surface area contributed by atoms with Gasteiger partial charge in [0.25, 0.3) is 0 Å². The smallest absolute Gasteiger partial charge is 0.158 e. The highest BCUT2D eigenvalue weighted by Crippen LogP contribution is 2.37. The molecule has 0 atom stereocenters. The fraction of sp³-hybridized carbons (Fsp3) is 0.400. The molecular weight excluding hydrogens is 398 g/mol. The lowest BCUT2D eigenvalue weighted by Gasteiger charge is -2.29. The SMILES string of the molecule is c1c[nH]c(-c2n[nH]c3c(N4CCCCC4)cc(-c4cncc(CN5CCCC5)c4)cc23)n1. The Morgan fingerprint density at radius 3 is 2.53 bits per heavy atom. The van der Waals surface area contributed by atoms with E-state index in [4.69, 9.17) is 0 Å². The molecule has 2 fully saturated rings. The second-order valence-electron chi connectivity index (χ2n) is 9.04. The number of rotatable bonds is 5. The van der Waals surface area contributed by atoms with E-state index >= 15 is 0 Å². The Morgan fingerprint density at radius 1 is 0.875 bits per heavy atom. The largest absolute Gasteiger partial charge is 0.370 e. The Morgan fingerprint density at radius 2 is 1.72 bits per heavy atom. The number of benzene rings is 1. The first kappa shape index (κ1) is 19.5. The first-order valence-corrected chi connectivity index (χ1v) is 11.8. The Bertz CT molecular complexity index is 1200. The number of piperidine rings is 1. The molecule has 0 aliphatic carbocycles. The maximum atomic E-state index is 4.65. The average molecular weight is 428 g/mol. The Balaban J connectivity index is 1.45. The zero-order chi connectivity index (χ0) is 21.3. The lowest BCUT2D eigenvalue weighted by Crippen LogP contribution is -2.29. The molecule has 2 N–H and O–H groups in total. The van der Waals surface area contributed by atoms with Gasteiger partial charge in [-0.1, -0.05) is 0 Å². The summed E-state index contributed by atoms with van der Waals surface area (Å²) in [4.78, 5) is 17.3. The number of aromatic amines is 2. The number of likely N-dealkylation sites (tertiary alicyclic amines) is 1. The predicted octanol–water partition coefficient (Wildman–Crippen LogP) is 4.60. The average Bonchev–Trinajstić information content (AvgIpc) is 3.61. The minimum absolute atomic E-state index is 0.791. The topological polar surface area (TPSA) is 76.7 Å². The first-order valence-electron chi connectivity index (χ1n) is 11.8. The molecule has 7 heteroatoms. The minimum Gasteiger partial charge on any atom is -0.370 e. The molecular formula is C25H29N7. The van der Waals surface area contributed by atoms with E-state index < -0.39 is 0 Å². The summed E-state index contributed by atoms with van der Waals surface area (Å²) in [6.07, 6.45) is 14.0. The molecule has 0 saturated carbocycles. The van der Waals surface area contributed by atoms with Gasteiger partial charge in [0.1, 0.15) is 5.69 Å². The van der Waals surface area contributed by atoms with E-state index in [1.54, 1.807) is 6.20 Å². The standard InChI is InChI=1S/C25H29N7/c1-2-10-32(11-3-1)22-14-19(13-21-23(22)29-30-24(21)25-27-6-7-28-25)20-12-18(15-26-16-20)17-31-8-4-5-9-31/h6-7,12-16H,1-5,8-11,17H2,(H,27,28)(H,29,30). The van der Waals surface area contributed by atoms with E-state index in [9.17, 15) is 0 Å². The predicted molar refractivity (Wildman–Crippen MR) is 127 cm³/mol. The summed E-state index contributed by atoms with van der Waals surface area (Å²) >= 11 is 0. The maximum Gasteiger partial charge on any atom is 0.158 e. The van der Waals surface area contributed by atoms with E-state index in [0.717, 1.165) is 47.6 Å². The third kappa shape index (κ3) is 3.66. The van der Waals surface area contributed by atoms with Crippen molar-refractivity contribution in [2.24, 2.45) is 0 Å². The van der Waals surface area contributed by atoms with E-state index in [-0.39, 0.29) is 0 Å². The fourth-order valence-corrected chi connectivity index (χ4v) is 5.16. The summed E-state index contributed by atoms with van der Waals surface area (Å²) in [6, 6.07) is 6.86. The number of hydrogen-bond donors (Lipinski definition) is 2. The highest BCUT2D eigenvalue weighted by atomic mass is 15.2. The molecule has 2 saturated heterocycles. The van der Waals surface area contributed by atoms with Gasteiger partial charge >= 0.3 is 0 Å². The number of imidazole rings is 1. The number of aromatic nitrogens is 5. The zero-order valence-electron chi connectivity index (χ0n) is 18.3. The van der Waals surface area contributed by atoms with Crippen LogP contribution in [-0.2, 0) is 6.54 Å². The van der Waals surface area contributed by atoms with E-state index in [2.05, 4.69) is 53.1 Å². The minimum atomic E-state index is 0.791. The molecule has 5 heterocycles. The van der Waals surface area contributed by atoms with Gasteiger partial charge < -0.3 is 9.88 Å². The van der Waals surface area contributed by atoms with Gasteiger partial charge in [0.05, 0.1) is 11.2 Å². The second-order valence-corrected chi connectivity index (χ2v) is 9.04. The molecule has 1 aromatic carbocycles. The number of anilines is 1. The normalized spacial score (nSPS) is 17.4. The van der Waals surface area contributed by atoms with Crippen molar-refractivity contribution in [2.45, 2.75) is 38.6 Å². The molecule has 2 aliphatic rings. The van der Waals surface area contributed by atoms with Crippen LogP contribution in [0.5, 0.6) is 0 Å². The van der Waals surface area contributed by atoms with Crippen molar-refractivity contribution in [3.63, 3.8) is 0 Å². The highest BCUT2D eigenvalue weighted by Gasteiger charge is 2.20. The molecule has 0 bridgehead atoms. The summed E-state index contributed by atoms with van der Waals surface area (Å²) < 4.78 is 0. The van der Waals surface area contributed by atoms with Crippen molar-refractivity contribution in [1.82, 2.24) is 30.0 Å². The molecule has 2 aliphatic heterocycles. The van der Waals surface area contributed by atoms with Gasteiger partial charge in [0, 0.05) is 55.4 Å². The monoisotopic (exact) mass is 427 g/mol. The number of pyridine rings is 1. The van der Waals surface area contributed by atoms with Crippen LogP contribution >= 0.6 is 0 Å². The summed E-state index contributed by atoms with van der Waals surface area (Å²) in [7, 11) is 0. The molecule has 32 heavy (non-hydrogen) atoms. The number of nitrogens with zero attached hydrogens (tertiary/aromatic N) is 5. The van der Waals surface area contributed by atoms with Gasteiger partial charge in [-0.2, -0.15) is 5.10 Å². The molecule has 3 aromatic heterocycles. The molecule has 0 amide bonds. The summed E-state index contributed by atoms with van der Waals surface area (Å²) in [5.41, 5.74) is 6.81. The molecule has 7 nitrogen and oxygen atoms in total. The van der Waals surface area contributed by atoms with Crippen molar-refractivity contribution >= 4 is 16.6 Å². The molecule has 6 rings (SSSR count). The maximum absolute atomic E-state index is 4.65. The third-order valence-electron chi connectivity index (χ3n) is 6.80. The van der Waals surface area contributed by atoms with Crippen LogP contribution in [0.25, 0.3) is 33.5 Å². The van der Waals surface area contributed by atoms with Gasteiger partial charge in [-0.05, 0) is 74.5 Å². The number of H-pyrrole nitrogens is 2. The highest BCUT2D eigenvalue weighted by molar-refractivity contribution is 6.02. The first-order chi connectivity index (χ1) is 15.8. The lowest BCUT2D eigenvalue weighted by atomic mass is 10.00. The van der Waals surface area contributed by atoms with Crippen LogP contribution in [0.15, 0.2) is 43.0 Å². The summed E-state index contributed by atoms with van der Waals surface area (Å²) in [5, 5.41) is 9.05. The fourth-order valence-electron chi connectivity index (χ4n) is 5.16. The molecule has 4 aromatic rings. The van der Waals surface area contributed by atoms with Crippen LogP contribution in [0.1, 0.15) is 37.7 Å². The molecule has 164 valence electrons. The van der Waals surface area contributed by atoms with Gasteiger partial charge in [-0.25, -0.2) is 4.98 Å². The van der Waals surface area contributed by atoms with Crippen molar-refractivity contribution in [3.05, 3.63) is 48.5 Å². The Hall–Kier alpha value is -3.19. The number of nitrogens with one attached hydrogen (secondary N) is 2. The Kier molecular flexibility index (Phi) is 5.11. The summed E-state index contributed by atoms with van der Waals surface area (Å²) in [5.74, 6) is 0.791. The third-order valence-corrected chi connectivity index (χ3v) is 6.80. The van der Waals surface area contributed by atoms with Gasteiger partial charge in [0.15, 0.2) is 5.82 Å². The quantitative estimate of drug-likeness (QED) is 0.487. The molecule has 0 radical (unpaired) electrons. The van der Waals surface area contributed by atoms with Crippen LogP contribution in [0, 0.1) is 0 Å². The van der Waals surface area contributed by atoms with Crippen LogP contribution < -0.4 is 4.90 Å². The second kappa shape index (κ2) is 8.39. The van der Waals surface area contributed by atoms with Crippen molar-refractivity contribution in [3.8, 4) is 22.6 Å². The zero-order valence-corrected chi connectivity index (χ0v) is 18.3. The van der Waals surface area contributed by atoms with Crippen LogP contribution in [-0.4, -0.2) is 56.2 Å². The van der Waals surface area contributed by atoms with E-state index in [0.29, 0.717) is 0 Å². The van der Waals surface area contributed by atoms with Crippen molar-refractivity contribution < 1.29 is 0 Å². The Labute approximate surface area is 187 Å². The van der Waals surface area contributed by atoms with Gasteiger partial charge in [0.2, 0.25) is 0 Å². The summed E-state index contributed by atoms with van der Waals surface area (Å²) in [6.45, 7) is 5.53. The van der Waals surface area contributed by atoms with E-state index in [1.165, 1.54) is 62.0 Å².